The normalized spacial score (nSPS) is 12.3. The van der Waals surface area contributed by atoms with Crippen LogP contribution in [0.5, 0.6) is 11.5 Å². The average molecular weight is 498 g/mol. The van der Waals surface area contributed by atoms with Gasteiger partial charge in [-0.2, -0.15) is 0 Å². The maximum atomic E-state index is 13.3. The van der Waals surface area contributed by atoms with Crippen LogP contribution >= 0.6 is 22.9 Å². The summed E-state index contributed by atoms with van der Waals surface area (Å²) in [7, 11) is 0. The van der Waals surface area contributed by atoms with Crippen LogP contribution in [0.25, 0.3) is 10.2 Å². The molecule has 3 heterocycles. The third-order valence-electron chi connectivity index (χ3n) is 5.56. The Bertz CT molecular complexity index is 1490. The fourth-order valence-electron chi connectivity index (χ4n) is 3.84. The van der Waals surface area contributed by atoms with E-state index in [-0.39, 0.29) is 31.3 Å². The molecule has 0 saturated heterocycles. The zero-order valence-electron chi connectivity index (χ0n) is 18.0. The lowest BCUT2D eigenvalue weighted by atomic mass is 10.1. The van der Waals surface area contributed by atoms with Gasteiger partial charge in [-0.15, -0.1) is 11.3 Å². The van der Waals surface area contributed by atoms with Crippen LogP contribution in [-0.2, 0) is 24.3 Å². The van der Waals surface area contributed by atoms with Gasteiger partial charge in [0.25, 0.3) is 5.56 Å². The third kappa shape index (κ3) is 4.44. The summed E-state index contributed by atoms with van der Waals surface area (Å²) in [5, 5.41) is 5.24. The second kappa shape index (κ2) is 9.36. The first-order valence-corrected chi connectivity index (χ1v) is 11.9. The van der Waals surface area contributed by atoms with Crippen molar-refractivity contribution in [2.24, 2.45) is 0 Å². The summed E-state index contributed by atoms with van der Waals surface area (Å²) in [5.41, 5.74) is 1.29. The fraction of sp³-hybridized carbons (Fsp3) is 0.208. The molecule has 0 saturated carbocycles. The lowest BCUT2D eigenvalue weighted by Crippen LogP contribution is -2.42. The van der Waals surface area contributed by atoms with Crippen LogP contribution in [0.3, 0.4) is 0 Å². The van der Waals surface area contributed by atoms with Crippen molar-refractivity contribution in [3.05, 3.63) is 90.9 Å². The number of aromatic nitrogens is 2. The fourth-order valence-corrected chi connectivity index (χ4v) is 4.81. The summed E-state index contributed by atoms with van der Waals surface area (Å²) < 4.78 is 13.6. The molecule has 0 bridgehead atoms. The number of hydrogen-bond acceptors (Lipinski definition) is 6. The van der Waals surface area contributed by atoms with Crippen LogP contribution in [0.1, 0.15) is 11.1 Å². The van der Waals surface area contributed by atoms with Crippen molar-refractivity contribution in [2.75, 3.05) is 13.3 Å². The number of ether oxygens (including phenoxy) is 2. The number of nitrogens with zero attached hydrogens (tertiary/aromatic N) is 2. The SMILES string of the molecule is O=C(Cn1c(=O)n(Cc2ccc3c(c2)OCO3)c(=O)c2sccc21)NCCc1ccc(Cl)cc1. The van der Waals surface area contributed by atoms with E-state index in [0.29, 0.717) is 39.7 Å². The van der Waals surface area contributed by atoms with Crippen LogP contribution in [0.4, 0.5) is 0 Å². The molecule has 0 radical (unpaired) electrons. The summed E-state index contributed by atoms with van der Waals surface area (Å²) >= 11 is 7.15. The van der Waals surface area contributed by atoms with Gasteiger partial charge >= 0.3 is 5.69 Å². The summed E-state index contributed by atoms with van der Waals surface area (Å²) in [6, 6.07) is 14.4. The van der Waals surface area contributed by atoms with E-state index < -0.39 is 5.69 Å². The number of thiophene rings is 1. The molecule has 174 valence electrons. The Hall–Kier alpha value is -3.56. The quantitative estimate of drug-likeness (QED) is 0.424. The molecule has 4 aromatic rings. The predicted octanol–water partition coefficient (Wildman–Crippen LogP) is 3.01. The van der Waals surface area contributed by atoms with Gasteiger partial charge < -0.3 is 14.8 Å². The highest BCUT2D eigenvalue weighted by Crippen LogP contribution is 2.32. The van der Waals surface area contributed by atoms with E-state index in [1.54, 1.807) is 41.8 Å². The van der Waals surface area contributed by atoms with Crippen molar-refractivity contribution in [1.82, 2.24) is 14.5 Å². The van der Waals surface area contributed by atoms with Crippen molar-refractivity contribution in [1.29, 1.82) is 0 Å². The number of carbonyl (C=O) groups excluding carboxylic acids is 1. The smallest absolute Gasteiger partial charge is 0.332 e. The Morgan fingerprint density at radius 1 is 1.00 bits per heavy atom. The number of benzene rings is 2. The van der Waals surface area contributed by atoms with E-state index in [2.05, 4.69) is 5.32 Å². The van der Waals surface area contributed by atoms with Crippen LogP contribution < -0.4 is 26.0 Å². The van der Waals surface area contributed by atoms with Gasteiger partial charge in [0.2, 0.25) is 12.7 Å². The molecule has 0 aliphatic carbocycles. The van der Waals surface area contributed by atoms with E-state index in [1.165, 1.54) is 15.9 Å². The van der Waals surface area contributed by atoms with Gasteiger partial charge in [0, 0.05) is 11.6 Å². The molecular formula is C24H20ClN3O5S. The van der Waals surface area contributed by atoms with Gasteiger partial charge in [0.05, 0.1) is 12.1 Å². The minimum absolute atomic E-state index is 0.0559. The number of hydrogen-bond donors (Lipinski definition) is 1. The molecule has 0 spiro atoms. The number of nitrogens with one attached hydrogen (secondary N) is 1. The molecule has 0 unspecified atom stereocenters. The molecule has 34 heavy (non-hydrogen) atoms. The van der Waals surface area contributed by atoms with Crippen molar-refractivity contribution >= 4 is 39.1 Å². The Morgan fingerprint density at radius 3 is 2.59 bits per heavy atom. The molecule has 1 aliphatic heterocycles. The zero-order valence-corrected chi connectivity index (χ0v) is 19.5. The Balaban J connectivity index is 1.37. The van der Waals surface area contributed by atoms with Crippen LogP contribution in [0.2, 0.25) is 5.02 Å². The second-order valence-corrected chi connectivity index (χ2v) is 9.16. The number of carbonyl (C=O) groups is 1. The predicted molar refractivity (Wildman–Crippen MR) is 130 cm³/mol. The average Bonchev–Trinajstić information content (AvgIpc) is 3.50. The van der Waals surface area contributed by atoms with Gasteiger partial charge in [-0.05, 0) is 53.3 Å². The molecule has 0 atom stereocenters. The lowest BCUT2D eigenvalue weighted by Gasteiger charge is -2.13. The molecule has 1 amide bonds. The summed E-state index contributed by atoms with van der Waals surface area (Å²) in [6.45, 7) is 0.424. The summed E-state index contributed by atoms with van der Waals surface area (Å²) in [6.07, 6.45) is 0.634. The summed E-state index contributed by atoms with van der Waals surface area (Å²) in [4.78, 5) is 39.0. The maximum Gasteiger partial charge on any atom is 0.332 e. The van der Waals surface area contributed by atoms with Gasteiger partial charge in [0.15, 0.2) is 11.5 Å². The minimum atomic E-state index is -0.540. The number of halogens is 1. The first-order valence-electron chi connectivity index (χ1n) is 10.6. The number of rotatable bonds is 7. The molecule has 8 nitrogen and oxygen atoms in total. The number of amides is 1. The van der Waals surface area contributed by atoms with Gasteiger partial charge in [0.1, 0.15) is 11.2 Å². The van der Waals surface area contributed by atoms with E-state index >= 15 is 0 Å². The first kappa shape index (κ1) is 22.2. The van der Waals surface area contributed by atoms with Crippen LogP contribution in [-0.4, -0.2) is 28.4 Å². The molecule has 2 aromatic heterocycles. The van der Waals surface area contributed by atoms with E-state index in [1.807, 2.05) is 12.1 Å². The van der Waals surface area contributed by atoms with Gasteiger partial charge in [-0.25, -0.2) is 4.79 Å². The van der Waals surface area contributed by atoms with Gasteiger partial charge in [-0.1, -0.05) is 29.8 Å². The van der Waals surface area contributed by atoms with Gasteiger partial charge in [-0.3, -0.25) is 18.7 Å². The minimum Gasteiger partial charge on any atom is -0.454 e. The molecule has 5 rings (SSSR count). The molecular weight excluding hydrogens is 478 g/mol. The van der Waals surface area contributed by atoms with Crippen molar-refractivity contribution in [3.63, 3.8) is 0 Å². The first-order chi connectivity index (χ1) is 16.5. The highest BCUT2D eigenvalue weighted by Gasteiger charge is 2.18. The Morgan fingerprint density at radius 2 is 1.76 bits per heavy atom. The zero-order chi connectivity index (χ0) is 23.7. The van der Waals surface area contributed by atoms with E-state index in [0.717, 1.165) is 15.7 Å². The highest BCUT2D eigenvalue weighted by molar-refractivity contribution is 7.17. The third-order valence-corrected chi connectivity index (χ3v) is 6.71. The lowest BCUT2D eigenvalue weighted by molar-refractivity contribution is -0.121. The second-order valence-electron chi connectivity index (χ2n) is 7.81. The maximum absolute atomic E-state index is 13.3. The molecule has 1 N–H and O–H groups in total. The molecule has 10 heteroatoms. The Labute approximate surface area is 202 Å². The molecule has 2 aromatic carbocycles. The largest absolute Gasteiger partial charge is 0.454 e. The van der Waals surface area contributed by atoms with E-state index in [4.69, 9.17) is 21.1 Å². The highest BCUT2D eigenvalue weighted by atomic mass is 35.5. The van der Waals surface area contributed by atoms with Crippen LogP contribution in [0.15, 0.2) is 63.5 Å². The topological polar surface area (TPSA) is 91.6 Å². The standard InChI is InChI=1S/C24H20ClN3O5S/c25-17-4-1-15(2-5-17)7-9-26-21(29)13-27-18-8-10-34-22(18)23(30)28(24(27)31)12-16-3-6-19-20(11-16)33-14-32-19/h1-6,8,10-11H,7,9,12-14H2,(H,26,29). The Kier molecular flexibility index (Phi) is 6.12. The van der Waals surface area contributed by atoms with Crippen molar-refractivity contribution in [3.8, 4) is 11.5 Å². The van der Waals surface area contributed by atoms with E-state index in [9.17, 15) is 14.4 Å². The monoisotopic (exact) mass is 497 g/mol. The molecule has 0 fully saturated rings. The van der Waals surface area contributed by atoms with Crippen molar-refractivity contribution < 1.29 is 14.3 Å². The number of fused-ring (bicyclic) bond motifs is 2. The summed E-state index contributed by atoms with van der Waals surface area (Å²) in [5.74, 6) is 0.887. The van der Waals surface area contributed by atoms with Crippen molar-refractivity contribution in [2.45, 2.75) is 19.5 Å². The van der Waals surface area contributed by atoms with Crippen LogP contribution in [0, 0.1) is 0 Å². The molecule has 1 aliphatic rings.